The fourth-order valence-corrected chi connectivity index (χ4v) is 2.57. The number of halogens is 3. The molecule has 106 valence electrons. The fraction of sp³-hybridized carbons (Fsp3) is 0. The molecule has 0 unspecified atom stereocenters. The second-order valence-corrected chi connectivity index (χ2v) is 5.30. The standard InChI is InChI=1S/C15H10Cl2FN3/c16-10-6-8(7-11(17)14(10)18)21-13-4-3-12(19)15-9(13)2-1-5-20-15/h1-7,21H,19H2. The molecule has 0 aliphatic rings. The molecule has 3 rings (SSSR count). The molecule has 0 saturated heterocycles. The summed E-state index contributed by atoms with van der Waals surface area (Å²) in [4.78, 5) is 4.26. The first-order valence-electron chi connectivity index (χ1n) is 6.11. The summed E-state index contributed by atoms with van der Waals surface area (Å²) in [5.74, 6) is -0.632. The number of rotatable bonds is 2. The lowest BCUT2D eigenvalue weighted by atomic mass is 10.1. The Labute approximate surface area is 130 Å². The van der Waals surface area contributed by atoms with Gasteiger partial charge in [0.1, 0.15) is 0 Å². The lowest BCUT2D eigenvalue weighted by molar-refractivity contribution is 0.629. The zero-order valence-corrected chi connectivity index (χ0v) is 12.2. The van der Waals surface area contributed by atoms with Crippen LogP contribution in [0.4, 0.5) is 21.5 Å². The van der Waals surface area contributed by atoms with Gasteiger partial charge in [-0.1, -0.05) is 23.2 Å². The summed E-state index contributed by atoms with van der Waals surface area (Å²) >= 11 is 11.6. The van der Waals surface area contributed by atoms with Gasteiger partial charge >= 0.3 is 0 Å². The Hall–Kier alpha value is -2.04. The molecular formula is C15H10Cl2FN3. The Morgan fingerprint density at radius 3 is 2.52 bits per heavy atom. The molecule has 0 saturated carbocycles. The normalized spacial score (nSPS) is 10.8. The van der Waals surface area contributed by atoms with Crippen LogP contribution in [-0.2, 0) is 0 Å². The molecule has 3 aromatic rings. The summed E-state index contributed by atoms with van der Waals surface area (Å²) in [6.45, 7) is 0. The van der Waals surface area contributed by atoms with Gasteiger partial charge in [-0.15, -0.1) is 0 Å². The van der Waals surface area contributed by atoms with Crippen molar-refractivity contribution in [3.05, 3.63) is 58.5 Å². The Morgan fingerprint density at radius 2 is 1.81 bits per heavy atom. The van der Waals surface area contributed by atoms with Crippen molar-refractivity contribution < 1.29 is 4.39 Å². The molecule has 0 aliphatic heterocycles. The molecule has 0 spiro atoms. The number of pyridine rings is 1. The molecule has 21 heavy (non-hydrogen) atoms. The van der Waals surface area contributed by atoms with E-state index in [0.29, 0.717) is 16.9 Å². The van der Waals surface area contributed by atoms with Crippen molar-refractivity contribution in [1.82, 2.24) is 4.98 Å². The first kappa shape index (κ1) is 13.9. The van der Waals surface area contributed by atoms with Crippen molar-refractivity contribution >= 4 is 51.2 Å². The molecular weight excluding hydrogens is 312 g/mol. The quantitative estimate of drug-likeness (QED) is 0.515. The summed E-state index contributed by atoms with van der Waals surface area (Å²) in [6, 6.07) is 10.2. The van der Waals surface area contributed by atoms with Crippen LogP contribution in [0.3, 0.4) is 0 Å². The van der Waals surface area contributed by atoms with Gasteiger partial charge < -0.3 is 11.1 Å². The van der Waals surface area contributed by atoms with Gasteiger partial charge in [0.2, 0.25) is 0 Å². The highest BCUT2D eigenvalue weighted by molar-refractivity contribution is 6.35. The van der Waals surface area contributed by atoms with E-state index in [9.17, 15) is 4.39 Å². The third kappa shape index (κ3) is 2.60. The van der Waals surface area contributed by atoms with Crippen molar-refractivity contribution in [3.63, 3.8) is 0 Å². The predicted molar refractivity (Wildman–Crippen MR) is 85.9 cm³/mol. The maximum atomic E-state index is 13.4. The highest BCUT2D eigenvalue weighted by atomic mass is 35.5. The van der Waals surface area contributed by atoms with E-state index in [2.05, 4.69) is 10.3 Å². The molecule has 6 heteroatoms. The molecule has 0 atom stereocenters. The van der Waals surface area contributed by atoms with Crippen molar-refractivity contribution in [2.24, 2.45) is 0 Å². The van der Waals surface area contributed by atoms with Crippen LogP contribution in [0.1, 0.15) is 0 Å². The Bertz CT molecular complexity index is 813. The van der Waals surface area contributed by atoms with E-state index in [4.69, 9.17) is 28.9 Å². The number of anilines is 3. The van der Waals surface area contributed by atoms with Crippen LogP contribution in [0.25, 0.3) is 10.9 Å². The van der Waals surface area contributed by atoms with Crippen LogP contribution in [0.15, 0.2) is 42.6 Å². The highest BCUT2D eigenvalue weighted by Gasteiger charge is 2.10. The number of hydrogen-bond acceptors (Lipinski definition) is 3. The van der Waals surface area contributed by atoms with Gasteiger partial charge in [-0.2, -0.15) is 0 Å². The van der Waals surface area contributed by atoms with E-state index in [1.165, 1.54) is 12.1 Å². The maximum absolute atomic E-state index is 13.4. The van der Waals surface area contributed by atoms with E-state index in [0.717, 1.165) is 11.1 Å². The van der Waals surface area contributed by atoms with Crippen LogP contribution in [-0.4, -0.2) is 4.98 Å². The number of nitrogens with zero attached hydrogens (tertiary/aromatic N) is 1. The average Bonchev–Trinajstić information content (AvgIpc) is 2.48. The molecule has 2 aromatic carbocycles. The lowest BCUT2D eigenvalue weighted by Crippen LogP contribution is -1.96. The molecule has 0 amide bonds. The average molecular weight is 322 g/mol. The van der Waals surface area contributed by atoms with Crippen molar-refractivity contribution in [3.8, 4) is 0 Å². The number of benzene rings is 2. The molecule has 0 radical (unpaired) electrons. The third-order valence-electron chi connectivity index (χ3n) is 3.06. The second kappa shape index (κ2) is 5.39. The predicted octanol–water partition coefficient (Wildman–Crippen LogP) is 5.01. The molecule has 0 bridgehead atoms. The minimum atomic E-state index is -0.632. The zero-order chi connectivity index (χ0) is 15.0. The minimum Gasteiger partial charge on any atom is -0.397 e. The van der Waals surface area contributed by atoms with Crippen LogP contribution < -0.4 is 11.1 Å². The Balaban J connectivity index is 2.09. The number of nitrogens with one attached hydrogen (secondary N) is 1. The van der Waals surface area contributed by atoms with E-state index in [1.54, 1.807) is 12.3 Å². The lowest BCUT2D eigenvalue weighted by Gasteiger charge is -2.12. The van der Waals surface area contributed by atoms with Gasteiger partial charge in [0.15, 0.2) is 5.82 Å². The Kier molecular flexibility index (Phi) is 3.57. The van der Waals surface area contributed by atoms with Gasteiger partial charge in [0, 0.05) is 23.0 Å². The number of hydrogen-bond donors (Lipinski definition) is 2. The third-order valence-corrected chi connectivity index (χ3v) is 3.61. The zero-order valence-electron chi connectivity index (χ0n) is 10.7. The summed E-state index contributed by atoms with van der Waals surface area (Å²) in [5, 5.41) is 3.93. The van der Waals surface area contributed by atoms with Gasteiger partial charge in [-0.3, -0.25) is 4.98 Å². The number of nitrogens with two attached hydrogens (primary N) is 1. The number of nitrogen functional groups attached to an aromatic ring is 1. The monoisotopic (exact) mass is 321 g/mol. The first-order valence-corrected chi connectivity index (χ1v) is 6.86. The van der Waals surface area contributed by atoms with Gasteiger partial charge in [-0.05, 0) is 36.4 Å². The molecule has 1 aromatic heterocycles. The molecule has 3 nitrogen and oxygen atoms in total. The maximum Gasteiger partial charge on any atom is 0.160 e. The molecule has 0 fully saturated rings. The fourth-order valence-electron chi connectivity index (χ4n) is 2.09. The topological polar surface area (TPSA) is 50.9 Å². The second-order valence-electron chi connectivity index (χ2n) is 4.48. The van der Waals surface area contributed by atoms with Crippen LogP contribution in [0.5, 0.6) is 0 Å². The van der Waals surface area contributed by atoms with Gasteiger partial charge in [0.05, 0.1) is 21.2 Å². The van der Waals surface area contributed by atoms with Crippen molar-refractivity contribution in [2.45, 2.75) is 0 Å². The first-order chi connectivity index (χ1) is 10.1. The van der Waals surface area contributed by atoms with E-state index < -0.39 is 5.82 Å². The summed E-state index contributed by atoms with van der Waals surface area (Å²) in [7, 11) is 0. The van der Waals surface area contributed by atoms with E-state index >= 15 is 0 Å². The smallest absolute Gasteiger partial charge is 0.160 e. The Morgan fingerprint density at radius 1 is 1.10 bits per heavy atom. The van der Waals surface area contributed by atoms with Crippen LogP contribution >= 0.6 is 23.2 Å². The van der Waals surface area contributed by atoms with Crippen molar-refractivity contribution in [1.29, 1.82) is 0 Å². The molecule has 0 aliphatic carbocycles. The van der Waals surface area contributed by atoms with Gasteiger partial charge in [-0.25, -0.2) is 4.39 Å². The molecule has 1 heterocycles. The van der Waals surface area contributed by atoms with Crippen LogP contribution in [0, 0.1) is 5.82 Å². The largest absolute Gasteiger partial charge is 0.397 e. The number of fused-ring (bicyclic) bond motifs is 1. The summed E-state index contributed by atoms with van der Waals surface area (Å²) < 4.78 is 13.4. The minimum absolute atomic E-state index is 0.0390. The van der Waals surface area contributed by atoms with Gasteiger partial charge in [0.25, 0.3) is 0 Å². The van der Waals surface area contributed by atoms with Crippen LogP contribution in [0.2, 0.25) is 10.0 Å². The number of aromatic nitrogens is 1. The highest BCUT2D eigenvalue weighted by Crippen LogP contribution is 2.32. The summed E-state index contributed by atoms with van der Waals surface area (Å²) in [6.07, 6.45) is 1.67. The SMILES string of the molecule is Nc1ccc(Nc2cc(Cl)c(F)c(Cl)c2)c2cccnc12. The van der Waals surface area contributed by atoms with E-state index in [-0.39, 0.29) is 10.0 Å². The molecule has 3 N–H and O–H groups in total. The summed E-state index contributed by atoms with van der Waals surface area (Å²) in [5.41, 5.74) is 8.56. The van der Waals surface area contributed by atoms with E-state index in [1.807, 2.05) is 18.2 Å². The van der Waals surface area contributed by atoms with Crippen molar-refractivity contribution in [2.75, 3.05) is 11.1 Å².